The third-order valence-corrected chi connectivity index (χ3v) is 4.09. The summed E-state index contributed by atoms with van der Waals surface area (Å²) in [5.41, 5.74) is 1.40. The lowest BCUT2D eigenvalue weighted by atomic mass is 10.1. The van der Waals surface area contributed by atoms with E-state index in [-0.39, 0.29) is 21.8 Å². The summed E-state index contributed by atoms with van der Waals surface area (Å²) in [4.78, 5) is 10.2. The molecule has 7 heteroatoms. The van der Waals surface area contributed by atoms with Crippen LogP contribution in [0.2, 0.25) is 10.0 Å². The first kappa shape index (κ1) is 16.1. The quantitative estimate of drug-likeness (QED) is 0.528. The normalized spacial score (nSPS) is 12.0. The van der Waals surface area contributed by atoms with Gasteiger partial charge >= 0.3 is 0 Å². The van der Waals surface area contributed by atoms with Gasteiger partial charge in [0.15, 0.2) is 0 Å². The van der Waals surface area contributed by atoms with Crippen LogP contribution in [-0.2, 0) is 0 Å². The van der Waals surface area contributed by atoms with Crippen LogP contribution >= 0.6 is 39.1 Å². The number of halogens is 3. The van der Waals surface area contributed by atoms with Crippen LogP contribution in [0.3, 0.4) is 0 Å². The van der Waals surface area contributed by atoms with E-state index in [0.717, 1.165) is 10.0 Å². The van der Waals surface area contributed by atoms with Gasteiger partial charge in [-0.15, -0.1) is 0 Å². The van der Waals surface area contributed by atoms with Crippen LogP contribution in [0.15, 0.2) is 40.9 Å². The van der Waals surface area contributed by atoms with E-state index < -0.39 is 4.92 Å². The van der Waals surface area contributed by atoms with Gasteiger partial charge in [0.05, 0.1) is 20.7 Å². The van der Waals surface area contributed by atoms with Crippen molar-refractivity contribution in [3.05, 3.63) is 66.6 Å². The Morgan fingerprint density at radius 1 is 1.19 bits per heavy atom. The molecule has 0 aromatic heterocycles. The number of non-ortho nitro benzene ring substituents is 1. The summed E-state index contributed by atoms with van der Waals surface area (Å²) in [6.45, 7) is 1.96. The molecule has 0 bridgehead atoms. The minimum atomic E-state index is -0.528. The van der Waals surface area contributed by atoms with E-state index in [0.29, 0.717) is 5.69 Å². The zero-order valence-electron chi connectivity index (χ0n) is 10.9. The van der Waals surface area contributed by atoms with Gasteiger partial charge in [-0.25, -0.2) is 0 Å². The van der Waals surface area contributed by atoms with E-state index in [9.17, 15) is 10.1 Å². The molecule has 0 saturated carbocycles. The average molecular weight is 390 g/mol. The molecule has 4 nitrogen and oxygen atoms in total. The van der Waals surface area contributed by atoms with Gasteiger partial charge in [0.1, 0.15) is 0 Å². The SMILES string of the molecule is CC(Nc1c(Cl)cc([N+](=O)[O-])cc1Cl)c1ccc(Br)cc1. The molecule has 0 aliphatic carbocycles. The van der Waals surface area contributed by atoms with Crippen molar-refractivity contribution in [1.82, 2.24) is 0 Å². The molecule has 1 N–H and O–H groups in total. The lowest BCUT2D eigenvalue weighted by Crippen LogP contribution is -2.07. The Kier molecular flexibility index (Phi) is 5.08. The Morgan fingerprint density at radius 2 is 1.71 bits per heavy atom. The van der Waals surface area contributed by atoms with Crippen molar-refractivity contribution in [2.75, 3.05) is 5.32 Å². The molecule has 1 unspecified atom stereocenters. The van der Waals surface area contributed by atoms with Crippen molar-refractivity contribution in [3.63, 3.8) is 0 Å². The molecular weight excluding hydrogens is 379 g/mol. The van der Waals surface area contributed by atoms with Crippen LogP contribution in [0.5, 0.6) is 0 Å². The highest BCUT2D eigenvalue weighted by Crippen LogP contribution is 2.36. The molecule has 2 aromatic carbocycles. The molecule has 2 aromatic rings. The Hall–Kier alpha value is -1.30. The molecule has 0 spiro atoms. The number of hydrogen-bond donors (Lipinski definition) is 1. The fourth-order valence-electron chi connectivity index (χ4n) is 1.85. The first-order valence-electron chi connectivity index (χ1n) is 6.04. The maximum Gasteiger partial charge on any atom is 0.272 e. The van der Waals surface area contributed by atoms with Crippen LogP contribution in [0, 0.1) is 10.1 Å². The topological polar surface area (TPSA) is 55.2 Å². The van der Waals surface area contributed by atoms with Gasteiger partial charge in [-0.2, -0.15) is 0 Å². The molecule has 0 heterocycles. The van der Waals surface area contributed by atoms with Crippen LogP contribution in [0.4, 0.5) is 11.4 Å². The summed E-state index contributed by atoms with van der Waals surface area (Å²) >= 11 is 15.5. The largest absolute Gasteiger partial charge is 0.376 e. The number of anilines is 1. The molecule has 21 heavy (non-hydrogen) atoms. The van der Waals surface area contributed by atoms with Crippen molar-refractivity contribution < 1.29 is 4.92 Å². The number of nitrogens with one attached hydrogen (secondary N) is 1. The summed E-state index contributed by atoms with van der Waals surface area (Å²) < 4.78 is 0.991. The number of nitro groups is 1. The fourth-order valence-corrected chi connectivity index (χ4v) is 2.70. The van der Waals surface area contributed by atoms with Crippen molar-refractivity contribution in [1.29, 1.82) is 0 Å². The van der Waals surface area contributed by atoms with Crippen LogP contribution in [0.1, 0.15) is 18.5 Å². The zero-order chi connectivity index (χ0) is 15.6. The van der Waals surface area contributed by atoms with Gasteiger partial charge in [-0.3, -0.25) is 10.1 Å². The second-order valence-corrected chi connectivity index (χ2v) is 6.19. The summed E-state index contributed by atoms with van der Waals surface area (Å²) in [5, 5.41) is 14.4. The lowest BCUT2D eigenvalue weighted by molar-refractivity contribution is -0.384. The summed E-state index contributed by atoms with van der Waals surface area (Å²) in [6.07, 6.45) is 0. The van der Waals surface area contributed by atoms with Gasteiger partial charge in [0.2, 0.25) is 0 Å². The average Bonchev–Trinajstić information content (AvgIpc) is 2.43. The molecule has 2 rings (SSSR count). The van der Waals surface area contributed by atoms with Crippen LogP contribution in [0.25, 0.3) is 0 Å². The summed E-state index contributed by atoms with van der Waals surface area (Å²) in [5.74, 6) is 0. The Morgan fingerprint density at radius 3 is 2.19 bits per heavy atom. The number of hydrogen-bond acceptors (Lipinski definition) is 3. The van der Waals surface area contributed by atoms with Gasteiger partial charge in [-0.05, 0) is 24.6 Å². The molecule has 1 atom stereocenters. The Bertz CT molecular complexity index is 654. The van der Waals surface area contributed by atoms with Crippen molar-refractivity contribution in [2.45, 2.75) is 13.0 Å². The fraction of sp³-hybridized carbons (Fsp3) is 0.143. The van der Waals surface area contributed by atoms with E-state index in [1.807, 2.05) is 31.2 Å². The molecule has 0 radical (unpaired) electrons. The summed E-state index contributed by atoms with van der Waals surface area (Å²) in [7, 11) is 0. The maximum atomic E-state index is 10.8. The van der Waals surface area contributed by atoms with E-state index in [1.165, 1.54) is 12.1 Å². The van der Waals surface area contributed by atoms with E-state index >= 15 is 0 Å². The Labute approximate surface area is 140 Å². The first-order chi connectivity index (χ1) is 9.88. The zero-order valence-corrected chi connectivity index (χ0v) is 14.0. The highest BCUT2D eigenvalue weighted by atomic mass is 79.9. The molecule has 0 aliphatic rings. The Balaban J connectivity index is 2.27. The van der Waals surface area contributed by atoms with Crippen molar-refractivity contribution in [2.24, 2.45) is 0 Å². The smallest absolute Gasteiger partial charge is 0.272 e. The summed E-state index contributed by atoms with van der Waals surface area (Å²) in [6, 6.07) is 10.3. The minimum absolute atomic E-state index is 0.0467. The van der Waals surface area contributed by atoms with Crippen LogP contribution in [-0.4, -0.2) is 4.92 Å². The minimum Gasteiger partial charge on any atom is -0.376 e. The predicted octanol–water partition coefficient (Wildman–Crippen LogP) is 5.84. The van der Waals surface area contributed by atoms with E-state index in [2.05, 4.69) is 21.2 Å². The molecular formula is C14H11BrCl2N2O2. The maximum absolute atomic E-state index is 10.8. The molecule has 0 saturated heterocycles. The molecule has 0 aliphatic heterocycles. The standard InChI is InChI=1S/C14H11BrCl2N2O2/c1-8(9-2-4-10(15)5-3-9)18-14-12(16)6-11(19(20)21)7-13(14)17/h2-8,18H,1H3. The predicted molar refractivity (Wildman–Crippen MR) is 89.3 cm³/mol. The lowest BCUT2D eigenvalue weighted by Gasteiger charge is -2.18. The molecule has 0 amide bonds. The van der Waals surface area contributed by atoms with Gasteiger partial charge in [-0.1, -0.05) is 51.3 Å². The molecule has 110 valence electrons. The van der Waals surface area contributed by atoms with Crippen molar-refractivity contribution >= 4 is 50.5 Å². The first-order valence-corrected chi connectivity index (χ1v) is 7.59. The number of benzene rings is 2. The van der Waals surface area contributed by atoms with Crippen LogP contribution < -0.4 is 5.32 Å². The number of rotatable bonds is 4. The number of nitrogens with zero attached hydrogens (tertiary/aromatic N) is 1. The highest BCUT2D eigenvalue weighted by molar-refractivity contribution is 9.10. The second kappa shape index (κ2) is 6.64. The van der Waals surface area contributed by atoms with E-state index in [1.54, 1.807) is 0 Å². The van der Waals surface area contributed by atoms with Gasteiger partial charge in [0, 0.05) is 22.6 Å². The third kappa shape index (κ3) is 3.87. The monoisotopic (exact) mass is 388 g/mol. The van der Waals surface area contributed by atoms with E-state index in [4.69, 9.17) is 23.2 Å². The highest BCUT2D eigenvalue weighted by Gasteiger charge is 2.16. The third-order valence-electron chi connectivity index (χ3n) is 2.97. The number of nitro benzene ring substituents is 1. The second-order valence-electron chi connectivity index (χ2n) is 4.46. The van der Waals surface area contributed by atoms with Crippen molar-refractivity contribution in [3.8, 4) is 0 Å². The van der Waals surface area contributed by atoms with Gasteiger partial charge < -0.3 is 5.32 Å². The molecule has 0 fully saturated rings. The van der Waals surface area contributed by atoms with Gasteiger partial charge in [0.25, 0.3) is 5.69 Å².